The molecule has 0 bridgehead atoms. The third kappa shape index (κ3) is 3.54. The molecule has 0 aliphatic rings. The maximum Gasteiger partial charge on any atom is 0.271 e. The van der Waals surface area contributed by atoms with Gasteiger partial charge in [0.2, 0.25) is 0 Å². The lowest BCUT2D eigenvalue weighted by atomic mass is 10.2. The predicted octanol–water partition coefficient (Wildman–Crippen LogP) is 2.05. The highest BCUT2D eigenvalue weighted by Gasteiger charge is 2.08. The molecule has 1 amide bonds. The van der Waals surface area contributed by atoms with Gasteiger partial charge in [0.05, 0.1) is 20.4 Å². The fraction of sp³-hybridized carbons (Fsp3) is 0.125. The Kier molecular flexibility index (Phi) is 4.98. The molecule has 6 nitrogen and oxygen atoms in total. The van der Waals surface area contributed by atoms with E-state index < -0.39 is 0 Å². The number of benzene rings is 2. The van der Waals surface area contributed by atoms with Crippen molar-refractivity contribution in [2.24, 2.45) is 5.10 Å². The van der Waals surface area contributed by atoms with E-state index in [0.717, 1.165) is 0 Å². The topological polar surface area (TPSA) is 85.9 Å². The van der Waals surface area contributed by atoms with Crippen LogP contribution in [0.4, 0.5) is 5.69 Å². The van der Waals surface area contributed by atoms with Crippen molar-refractivity contribution in [1.82, 2.24) is 5.43 Å². The van der Waals surface area contributed by atoms with Gasteiger partial charge in [0, 0.05) is 16.8 Å². The lowest BCUT2D eigenvalue weighted by molar-refractivity contribution is 0.0955. The second-order valence-electron chi connectivity index (χ2n) is 4.40. The molecule has 0 aliphatic heterocycles. The van der Waals surface area contributed by atoms with Crippen LogP contribution in [0, 0.1) is 0 Å². The number of amides is 1. The zero-order valence-electron chi connectivity index (χ0n) is 12.4. The minimum Gasteiger partial charge on any atom is -0.493 e. The predicted molar refractivity (Wildman–Crippen MR) is 85.5 cm³/mol. The van der Waals surface area contributed by atoms with Gasteiger partial charge in [0.1, 0.15) is 0 Å². The van der Waals surface area contributed by atoms with E-state index in [1.165, 1.54) is 6.21 Å². The minimum absolute atomic E-state index is 0.321. The highest BCUT2D eigenvalue weighted by atomic mass is 16.5. The Morgan fingerprint density at radius 3 is 2.50 bits per heavy atom. The average Bonchev–Trinajstić information content (AvgIpc) is 2.55. The number of nitrogen functional groups attached to an aromatic ring is 1. The van der Waals surface area contributed by atoms with Crippen LogP contribution in [0.25, 0.3) is 0 Å². The smallest absolute Gasteiger partial charge is 0.271 e. The number of nitrogens with zero attached hydrogens (tertiary/aromatic N) is 1. The number of hydrogen-bond acceptors (Lipinski definition) is 5. The van der Waals surface area contributed by atoms with E-state index in [1.54, 1.807) is 50.6 Å². The van der Waals surface area contributed by atoms with Crippen molar-refractivity contribution in [3.63, 3.8) is 0 Å². The molecule has 0 heterocycles. The van der Waals surface area contributed by atoms with Crippen LogP contribution in [0.5, 0.6) is 11.5 Å². The maximum absolute atomic E-state index is 11.9. The first kappa shape index (κ1) is 15.4. The zero-order valence-corrected chi connectivity index (χ0v) is 12.4. The van der Waals surface area contributed by atoms with Crippen LogP contribution in [0.1, 0.15) is 15.9 Å². The Labute approximate surface area is 128 Å². The Balaban J connectivity index is 2.09. The van der Waals surface area contributed by atoms with Gasteiger partial charge in [-0.25, -0.2) is 5.43 Å². The number of ether oxygens (including phenoxy) is 2. The zero-order chi connectivity index (χ0) is 15.9. The monoisotopic (exact) mass is 299 g/mol. The maximum atomic E-state index is 11.9. The summed E-state index contributed by atoms with van der Waals surface area (Å²) in [5.74, 6) is 0.824. The third-order valence-electron chi connectivity index (χ3n) is 2.98. The summed E-state index contributed by atoms with van der Waals surface area (Å²) in [6, 6.07) is 12.0. The number of para-hydroxylation sites is 1. The van der Waals surface area contributed by atoms with Crippen LogP contribution in [-0.2, 0) is 0 Å². The molecule has 0 atom stereocenters. The number of nitrogens with two attached hydrogens (primary N) is 1. The summed E-state index contributed by atoms with van der Waals surface area (Å²) in [5.41, 5.74) is 9.79. The van der Waals surface area contributed by atoms with E-state index in [9.17, 15) is 4.79 Å². The van der Waals surface area contributed by atoms with Crippen molar-refractivity contribution in [2.75, 3.05) is 20.0 Å². The first-order valence-corrected chi connectivity index (χ1v) is 6.55. The fourth-order valence-corrected chi connectivity index (χ4v) is 1.87. The molecular weight excluding hydrogens is 282 g/mol. The van der Waals surface area contributed by atoms with Gasteiger partial charge in [-0.05, 0) is 36.4 Å². The van der Waals surface area contributed by atoms with E-state index in [1.807, 2.05) is 6.07 Å². The van der Waals surface area contributed by atoms with E-state index in [4.69, 9.17) is 15.2 Å². The van der Waals surface area contributed by atoms with Crippen LogP contribution in [0.3, 0.4) is 0 Å². The SMILES string of the molecule is COc1cccc(/C=N/NC(=O)c2ccc(N)cc2)c1OC. The summed E-state index contributed by atoms with van der Waals surface area (Å²) in [5, 5.41) is 3.93. The Morgan fingerprint density at radius 1 is 1.14 bits per heavy atom. The molecule has 2 rings (SSSR count). The molecule has 6 heteroatoms. The molecule has 114 valence electrons. The van der Waals surface area contributed by atoms with Crippen molar-refractivity contribution in [2.45, 2.75) is 0 Å². The Bertz CT molecular complexity index is 682. The second-order valence-corrected chi connectivity index (χ2v) is 4.40. The van der Waals surface area contributed by atoms with Crippen LogP contribution < -0.4 is 20.6 Å². The highest BCUT2D eigenvalue weighted by molar-refractivity contribution is 5.95. The number of carbonyl (C=O) groups is 1. The molecular formula is C16H17N3O3. The number of nitrogens with one attached hydrogen (secondary N) is 1. The molecule has 2 aromatic rings. The summed E-state index contributed by atoms with van der Waals surface area (Å²) in [6.45, 7) is 0. The molecule has 0 saturated carbocycles. The first-order valence-electron chi connectivity index (χ1n) is 6.55. The first-order chi connectivity index (χ1) is 10.7. The molecule has 0 fully saturated rings. The van der Waals surface area contributed by atoms with Gasteiger partial charge >= 0.3 is 0 Å². The lowest BCUT2D eigenvalue weighted by Crippen LogP contribution is -2.17. The number of anilines is 1. The molecule has 3 N–H and O–H groups in total. The van der Waals surface area contributed by atoms with Crippen LogP contribution in [-0.4, -0.2) is 26.3 Å². The fourth-order valence-electron chi connectivity index (χ4n) is 1.87. The van der Waals surface area contributed by atoms with E-state index in [2.05, 4.69) is 10.5 Å². The Hall–Kier alpha value is -3.02. The summed E-state index contributed by atoms with van der Waals surface area (Å²) >= 11 is 0. The van der Waals surface area contributed by atoms with Gasteiger partial charge < -0.3 is 15.2 Å². The van der Waals surface area contributed by atoms with Crippen molar-refractivity contribution >= 4 is 17.8 Å². The van der Waals surface area contributed by atoms with Gasteiger partial charge in [-0.3, -0.25) is 4.79 Å². The molecule has 0 spiro atoms. The molecule has 22 heavy (non-hydrogen) atoms. The van der Waals surface area contributed by atoms with Crippen molar-refractivity contribution < 1.29 is 14.3 Å². The summed E-state index contributed by atoms with van der Waals surface area (Å²) in [6.07, 6.45) is 1.50. The third-order valence-corrected chi connectivity index (χ3v) is 2.98. The molecule has 0 aromatic heterocycles. The Morgan fingerprint density at radius 2 is 1.86 bits per heavy atom. The standard InChI is InChI=1S/C16H17N3O3/c1-21-14-5-3-4-12(15(14)22-2)10-18-19-16(20)11-6-8-13(17)9-7-11/h3-10H,17H2,1-2H3,(H,19,20)/b18-10+. The number of carbonyl (C=O) groups excluding carboxylic acids is 1. The van der Waals surface area contributed by atoms with E-state index >= 15 is 0 Å². The average molecular weight is 299 g/mol. The van der Waals surface area contributed by atoms with Crippen molar-refractivity contribution in [3.8, 4) is 11.5 Å². The van der Waals surface area contributed by atoms with E-state index in [0.29, 0.717) is 28.3 Å². The van der Waals surface area contributed by atoms with E-state index in [-0.39, 0.29) is 5.91 Å². The summed E-state index contributed by atoms with van der Waals surface area (Å²) < 4.78 is 10.5. The molecule has 0 aliphatic carbocycles. The lowest BCUT2D eigenvalue weighted by Gasteiger charge is -2.09. The molecule has 0 unspecified atom stereocenters. The van der Waals surface area contributed by atoms with Gasteiger partial charge in [0.25, 0.3) is 5.91 Å². The van der Waals surface area contributed by atoms with Gasteiger partial charge in [-0.15, -0.1) is 0 Å². The van der Waals surface area contributed by atoms with Crippen molar-refractivity contribution in [3.05, 3.63) is 53.6 Å². The normalized spacial score (nSPS) is 10.5. The number of methoxy groups -OCH3 is 2. The second kappa shape index (κ2) is 7.12. The van der Waals surface area contributed by atoms with Gasteiger partial charge in [0.15, 0.2) is 11.5 Å². The van der Waals surface area contributed by atoms with Crippen LogP contribution in [0.2, 0.25) is 0 Å². The van der Waals surface area contributed by atoms with Gasteiger partial charge in [-0.2, -0.15) is 5.10 Å². The van der Waals surface area contributed by atoms with Crippen LogP contribution >= 0.6 is 0 Å². The summed E-state index contributed by atoms with van der Waals surface area (Å²) in [4.78, 5) is 11.9. The number of rotatable bonds is 5. The largest absolute Gasteiger partial charge is 0.493 e. The summed E-state index contributed by atoms with van der Waals surface area (Å²) in [7, 11) is 3.10. The number of hydrogen-bond donors (Lipinski definition) is 2. The molecule has 0 saturated heterocycles. The van der Waals surface area contributed by atoms with Crippen LogP contribution in [0.15, 0.2) is 47.6 Å². The number of hydrazone groups is 1. The quantitative estimate of drug-likeness (QED) is 0.502. The highest BCUT2D eigenvalue weighted by Crippen LogP contribution is 2.29. The van der Waals surface area contributed by atoms with Crippen molar-refractivity contribution in [1.29, 1.82) is 0 Å². The minimum atomic E-state index is -0.321. The van der Waals surface area contributed by atoms with Gasteiger partial charge in [-0.1, -0.05) is 6.07 Å². The molecule has 2 aromatic carbocycles. The molecule has 0 radical (unpaired) electrons.